The Labute approximate surface area is 102 Å². The lowest BCUT2D eigenvalue weighted by Gasteiger charge is -2.17. The molecule has 2 aromatic rings. The van der Waals surface area contributed by atoms with Crippen molar-refractivity contribution in [3.05, 3.63) is 48.5 Å². The van der Waals surface area contributed by atoms with Crippen LogP contribution in [0.4, 0.5) is 5.69 Å². The van der Waals surface area contributed by atoms with Crippen molar-refractivity contribution >= 4 is 5.69 Å². The molecule has 0 saturated carbocycles. The summed E-state index contributed by atoms with van der Waals surface area (Å²) in [6, 6.07) is 17.2. The average Bonchev–Trinajstić information content (AvgIpc) is 2.39. The van der Waals surface area contributed by atoms with Gasteiger partial charge < -0.3 is 9.64 Å². The van der Waals surface area contributed by atoms with Crippen LogP contribution < -0.4 is 9.64 Å². The lowest BCUT2D eigenvalue weighted by atomic mass is 10.0. The molecule has 0 amide bonds. The normalized spacial score (nSPS) is 10.1. The quantitative estimate of drug-likeness (QED) is 0.796. The Morgan fingerprint density at radius 2 is 1.76 bits per heavy atom. The van der Waals surface area contributed by atoms with Crippen LogP contribution >= 0.6 is 0 Å². The van der Waals surface area contributed by atoms with Gasteiger partial charge in [0, 0.05) is 25.3 Å². The fourth-order valence-corrected chi connectivity index (χ4v) is 1.81. The molecular formula is C15H16NO. The standard InChI is InChI=1S/C15H16NO/c1-16(2)15-7-5-4-6-14(15)12-8-10-13(17-3)11-9-12/h4,6-11H,1-3H3. The summed E-state index contributed by atoms with van der Waals surface area (Å²) in [4.78, 5) is 2.09. The summed E-state index contributed by atoms with van der Waals surface area (Å²) in [6.07, 6.45) is 0. The van der Waals surface area contributed by atoms with E-state index in [4.69, 9.17) is 4.74 Å². The first kappa shape index (κ1) is 11.5. The molecule has 0 atom stereocenters. The van der Waals surface area contributed by atoms with Gasteiger partial charge in [0.15, 0.2) is 0 Å². The fraction of sp³-hybridized carbons (Fsp3) is 0.200. The van der Waals surface area contributed by atoms with Gasteiger partial charge in [0.1, 0.15) is 5.75 Å². The maximum absolute atomic E-state index is 5.17. The van der Waals surface area contributed by atoms with Gasteiger partial charge in [-0.25, -0.2) is 0 Å². The fourth-order valence-electron chi connectivity index (χ4n) is 1.81. The second-order valence-corrected chi connectivity index (χ2v) is 4.07. The van der Waals surface area contributed by atoms with Crippen LogP contribution in [0.25, 0.3) is 11.1 Å². The van der Waals surface area contributed by atoms with Crippen LogP contribution in [0, 0.1) is 6.07 Å². The molecule has 0 unspecified atom stereocenters. The number of benzene rings is 2. The molecule has 0 spiro atoms. The molecule has 2 nitrogen and oxygen atoms in total. The molecule has 0 fully saturated rings. The highest BCUT2D eigenvalue weighted by atomic mass is 16.5. The van der Waals surface area contributed by atoms with Crippen molar-refractivity contribution in [2.75, 3.05) is 26.1 Å². The molecule has 17 heavy (non-hydrogen) atoms. The van der Waals surface area contributed by atoms with Gasteiger partial charge in [0.05, 0.1) is 7.11 Å². The molecule has 87 valence electrons. The zero-order valence-corrected chi connectivity index (χ0v) is 10.4. The lowest BCUT2D eigenvalue weighted by Crippen LogP contribution is -2.09. The smallest absolute Gasteiger partial charge is 0.118 e. The monoisotopic (exact) mass is 226 g/mol. The molecule has 0 heterocycles. The minimum absolute atomic E-state index is 0.877. The molecule has 0 aromatic heterocycles. The van der Waals surface area contributed by atoms with Gasteiger partial charge in [-0.2, -0.15) is 0 Å². The van der Waals surface area contributed by atoms with E-state index in [-0.39, 0.29) is 0 Å². The van der Waals surface area contributed by atoms with Gasteiger partial charge in [-0.15, -0.1) is 0 Å². The number of ether oxygens (including phenoxy) is 1. The Morgan fingerprint density at radius 1 is 1.06 bits per heavy atom. The van der Waals surface area contributed by atoms with Gasteiger partial charge in [-0.3, -0.25) is 0 Å². The van der Waals surface area contributed by atoms with Crippen molar-refractivity contribution in [2.45, 2.75) is 0 Å². The summed E-state index contributed by atoms with van der Waals surface area (Å²) in [6.45, 7) is 0. The predicted molar refractivity (Wildman–Crippen MR) is 71.6 cm³/mol. The minimum atomic E-state index is 0.877. The van der Waals surface area contributed by atoms with Crippen molar-refractivity contribution in [3.8, 4) is 16.9 Å². The van der Waals surface area contributed by atoms with E-state index < -0.39 is 0 Å². The number of anilines is 1. The Morgan fingerprint density at radius 3 is 2.35 bits per heavy atom. The molecule has 0 aliphatic heterocycles. The van der Waals surface area contributed by atoms with Crippen LogP contribution in [0.2, 0.25) is 0 Å². The van der Waals surface area contributed by atoms with Gasteiger partial charge in [-0.05, 0) is 29.8 Å². The first-order valence-corrected chi connectivity index (χ1v) is 5.54. The van der Waals surface area contributed by atoms with Crippen LogP contribution in [-0.4, -0.2) is 21.2 Å². The third-order valence-corrected chi connectivity index (χ3v) is 2.73. The van der Waals surface area contributed by atoms with Crippen molar-refractivity contribution < 1.29 is 4.74 Å². The Balaban J connectivity index is 2.45. The van der Waals surface area contributed by atoms with Gasteiger partial charge >= 0.3 is 0 Å². The van der Waals surface area contributed by atoms with Crippen LogP contribution in [-0.2, 0) is 0 Å². The van der Waals surface area contributed by atoms with Crippen LogP contribution in [0.5, 0.6) is 5.75 Å². The SMILES string of the molecule is COc1ccc(-c2cc[c]cc2N(C)C)cc1. The number of methoxy groups -OCH3 is 1. The second-order valence-electron chi connectivity index (χ2n) is 4.07. The van der Waals surface area contributed by atoms with Crippen LogP contribution in [0.3, 0.4) is 0 Å². The van der Waals surface area contributed by atoms with Gasteiger partial charge in [0.2, 0.25) is 0 Å². The van der Waals surface area contributed by atoms with Crippen molar-refractivity contribution in [1.82, 2.24) is 0 Å². The lowest BCUT2D eigenvalue weighted by molar-refractivity contribution is 0.415. The molecule has 2 rings (SSSR count). The molecule has 0 bridgehead atoms. The van der Waals surface area contributed by atoms with Crippen molar-refractivity contribution in [1.29, 1.82) is 0 Å². The maximum atomic E-state index is 5.17. The third-order valence-electron chi connectivity index (χ3n) is 2.73. The predicted octanol–water partition coefficient (Wildman–Crippen LogP) is 3.23. The van der Waals surface area contributed by atoms with E-state index in [2.05, 4.69) is 29.2 Å². The summed E-state index contributed by atoms with van der Waals surface area (Å²) in [5.74, 6) is 0.877. The molecule has 0 saturated heterocycles. The van der Waals surface area contributed by atoms with Crippen molar-refractivity contribution in [3.63, 3.8) is 0 Å². The highest BCUT2D eigenvalue weighted by molar-refractivity contribution is 5.78. The summed E-state index contributed by atoms with van der Waals surface area (Å²) in [7, 11) is 5.75. The largest absolute Gasteiger partial charge is 0.497 e. The number of hydrogen-bond donors (Lipinski definition) is 0. The molecule has 0 N–H and O–H groups in total. The molecule has 0 aliphatic rings. The first-order chi connectivity index (χ1) is 8.22. The van der Waals surface area contributed by atoms with E-state index in [1.807, 2.05) is 38.4 Å². The topological polar surface area (TPSA) is 12.5 Å². The number of nitrogens with zero attached hydrogens (tertiary/aromatic N) is 1. The van der Waals surface area contributed by atoms with Crippen molar-refractivity contribution in [2.24, 2.45) is 0 Å². The average molecular weight is 226 g/mol. The molecular weight excluding hydrogens is 210 g/mol. The highest BCUT2D eigenvalue weighted by Gasteiger charge is 2.05. The molecule has 2 heteroatoms. The zero-order chi connectivity index (χ0) is 12.3. The second kappa shape index (κ2) is 4.91. The molecule has 1 radical (unpaired) electrons. The number of hydrogen-bond acceptors (Lipinski definition) is 2. The summed E-state index contributed by atoms with van der Waals surface area (Å²) in [5.41, 5.74) is 3.55. The van der Waals surface area contributed by atoms with E-state index >= 15 is 0 Å². The third kappa shape index (κ3) is 2.41. The first-order valence-electron chi connectivity index (χ1n) is 5.54. The zero-order valence-electron chi connectivity index (χ0n) is 10.4. The molecule has 0 aliphatic carbocycles. The van der Waals surface area contributed by atoms with E-state index in [9.17, 15) is 0 Å². The van der Waals surface area contributed by atoms with E-state index in [0.717, 1.165) is 11.4 Å². The summed E-state index contributed by atoms with van der Waals surface area (Å²) >= 11 is 0. The van der Waals surface area contributed by atoms with Gasteiger partial charge in [-0.1, -0.05) is 24.3 Å². The highest BCUT2D eigenvalue weighted by Crippen LogP contribution is 2.30. The van der Waals surface area contributed by atoms with Crippen LogP contribution in [0.15, 0.2) is 42.5 Å². The van der Waals surface area contributed by atoms with Gasteiger partial charge in [0.25, 0.3) is 0 Å². The number of rotatable bonds is 3. The Hall–Kier alpha value is -1.96. The molecule has 2 aromatic carbocycles. The van der Waals surface area contributed by atoms with E-state index in [1.165, 1.54) is 11.1 Å². The van der Waals surface area contributed by atoms with Crippen LogP contribution in [0.1, 0.15) is 0 Å². The van der Waals surface area contributed by atoms with E-state index in [1.54, 1.807) is 7.11 Å². The van der Waals surface area contributed by atoms with E-state index in [0.29, 0.717) is 0 Å². The minimum Gasteiger partial charge on any atom is -0.497 e. The Kier molecular flexibility index (Phi) is 3.33. The Bertz CT molecular complexity index is 489. The summed E-state index contributed by atoms with van der Waals surface area (Å²) < 4.78 is 5.17. The summed E-state index contributed by atoms with van der Waals surface area (Å²) in [5, 5.41) is 0. The maximum Gasteiger partial charge on any atom is 0.118 e.